The van der Waals surface area contributed by atoms with Crippen molar-refractivity contribution in [2.45, 2.75) is 63.8 Å². The quantitative estimate of drug-likeness (QED) is 0.742. The molecule has 0 amide bonds. The molecule has 2 fully saturated rings. The highest BCUT2D eigenvalue weighted by molar-refractivity contribution is 5.04. The van der Waals surface area contributed by atoms with Crippen LogP contribution < -0.4 is 5.32 Å². The van der Waals surface area contributed by atoms with Crippen molar-refractivity contribution in [3.8, 4) is 0 Å². The van der Waals surface area contributed by atoms with Crippen molar-refractivity contribution in [1.82, 2.24) is 5.32 Å². The fraction of sp³-hybridized carbons (Fsp3) is 1.00. The van der Waals surface area contributed by atoms with Crippen LogP contribution in [0.15, 0.2) is 0 Å². The standard InChI is InChI=1S/C12H23NO2/c1-12(2)10(7-11(12)15-3)13-8-5-4-6-9(8)14/h8-11,13-14H,4-7H2,1-3H3/t8-,9-,10?,11?/m1/s1. The van der Waals surface area contributed by atoms with Gasteiger partial charge in [0.05, 0.1) is 12.2 Å². The van der Waals surface area contributed by atoms with E-state index in [9.17, 15) is 5.11 Å². The van der Waals surface area contributed by atoms with Crippen LogP contribution in [0.4, 0.5) is 0 Å². The van der Waals surface area contributed by atoms with Crippen LogP contribution in [0, 0.1) is 5.41 Å². The summed E-state index contributed by atoms with van der Waals surface area (Å²) < 4.78 is 5.42. The molecule has 0 aliphatic heterocycles. The fourth-order valence-electron chi connectivity index (χ4n) is 2.96. The van der Waals surface area contributed by atoms with Crippen molar-refractivity contribution in [3.05, 3.63) is 0 Å². The van der Waals surface area contributed by atoms with Crippen molar-refractivity contribution in [1.29, 1.82) is 0 Å². The molecule has 15 heavy (non-hydrogen) atoms. The molecule has 2 rings (SSSR count). The Hall–Kier alpha value is -0.120. The number of hydrogen-bond donors (Lipinski definition) is 2. The maximum Gasteiger partial charge on any atom is 0.0693 e. The zero-order valence-corrected chi connectivity index (χ0v) is 9.99. The maximum atomic E-state index is 9.76. The number of rotatable bonds is 3. The lowest BCUT2D eigenvalue weighted by atomic mass is 9.64. The lowest BCUT2D eigenvalue weighted by molar-refractivity contribution is -0.103. The van der Waals surface area contributed by atoms with Gasteiger partial charge in [0.25, 0.3) is 0 Å². The monoisotopic (exact) mass is 213 g/mol. The van der Waals surface area contributed by atoms with Gasteiger partial charge in [-0.2, -0.15) is 0 Å². The molecule has 0 heterocycles. The fourth-order valence-corrected chi connectivity index (χ4v) is 2.96. The summed E-state index contributed by atoms with van der Waals surface area (Å²) in [5, 5.41) is 13.3. The summed E-state index contributed by atoms with van der Waals surface area (Å²) in [7, 11) is 1.78. The second-order valence-corrected chi connectivity index (χ2v) is 5.61. The summed E-state index contributed by atoms with van der Waals surface area (Å²) in [6, 6.07) is 0.812. The second kappa shape index (κ2) is 4.04. The highest BCUT2D eigenvalue weighted by Crippen LogP contribution is 2.43. The smallest absolute Gasteiger partial charge is 0.0693 e. The highest BCUT2D eigenvalue weighted by atomic mass is 16.5. The summed E-state index contributed by atoms with van der Waals surface area (Å²) in [4.78, 5) is 0. The summed E-state index contributed by atoms with van der Waals surface area (Å²) >= 11 is 0. The Bertz CT molecular complexity index is 230. The van der Waals surface area contributed by atoms with Gasteiger partial charge in [-0.05, 0) is 25.7 Å². The van der Waals surface area contributed by atoms with Crippen LogP contribution >= 0.6 is 0 Å². The molecular weight excluding hydrogens is 190 g/mol. The van der Waals surface area contributed by atoms with Crippen molar-refractivity contribution < 1.29 is 9.84 Å². The van der Waals surface area contributed by atoms with Crippen molar-refractivity contribution in [3.63, 3.8) is 0 Å². The van der Waals surface area contributed by atoms with Crippen molar-refractivity contribution in [2.24, 2.45) is 5.41 Å². The van der Waals surface area contributed by atoms with Gasteiger partial charge < -0.3 is 15.2 Å². The topological polar surface area (TPSA) is 41.5 Å². The molecule has 88 valence electrons. The van der Waals surface area contributed by atoms with Gasteiger partial charge in [-0.15, -0.1) is 0 Å². The Morgan fingerprint density at radius 2 is 2.07 bits per heavy atom. The number of aliphatic hydroxyl groups excluding tert-OH is 1. The van der Waals surface area contributed by atoms with Gasteiger partial charge in [0.2, 0.25) is 0 Å². The number of hydrogen-bond acceptors (Lipinski definition) is 3. The molecular formula is C12H23NO2. The minimum absolute atomic E-state index is 0.137. The van der Waals surface area contributed by atoms with Crippen LogP contribution in [0.5, 0.6) is 0 Å². The van der Waals surface area contributed by atoms with Crippen LogP contribution in [0.2, 0.25) is 0 Å². The third-order valence-electron chi connectivity index (χ3n) is 4.36. The largest absolute Gasteiger partial charge is 0.392 e. The molecule has 4 atom stereocenters. The van der Waals surface area contributed by atoms with E-state index in [1.807, 2.05) is 0 Å². The number of aliphatic hydroxyl groups is 1. The minimum atomic E-state index is -0.137. The van der Waals surface area contributed by atoms with Crippen LogP contribution in [0.25, 0.3) is 0 Å². The van der Waals surface area contributed by atoms with Gasteiger partial charge in [-0.1, -0.05) is 13.8 Å². The Morgan fingerprint density at radius 1 is 1.33 bits per heavy atom. The molecule has 2 saturated carbocycles. The van der Waals surface area contributed by atoms with Crippen molar-refractivity contribution in [2.75, 3.05) is 7.11 Å². The molecule has 0 aromatic rings. The molecule has 2 unspecified atom stereocenters. The average molecular weight is 213 g/mol. The average Bonchev–Trinajstić information content (AvgIpc) is 2.58. The van der Waals surface area contributed by atoms with Crippen LogP contribution in [-0.4, -0.2) is 36.5 Å². The van der Waals surface area contributed by atoms with E-state index < -0.39 is 0 Å². The Balaban J connectivity index is 1.86. The lowest BCUT2D eigenvalue weighted by Gasteiger charge is -2.52. The predicted octanol–water partition coefficient (Wildman–Crippen LogP) is 1.30. The molecule has 0 radical (unpaired) electrons. The van der Waals surface area contributed by atoms with E-state index in [1.54, 1.807) is 7.11 Å². The minimum Gasteiger partial charge on any atom is -0.392 e. The Labute approximate surface area is 92.2 Å². The van der Waals surface area contributed by atoms with Crippen LogP contribution in [0.1, 0.15) is 39.5 Å². The molecule has 2 N–H and O–H groups in total. The summed E-state index contributed by atoms with van der Waals surface area (Å²) in [6.45, 7) is 4.48. The van der Waals surface area contributed by atoms with Crippen molar-refractivity contribution >= 4 is 0 Å². The third-order valence-corrected chi connectivity index (χ3v) is 4.36. The Kier molecular flexibility index (Phi) is 3.06. The van der Waals surface area contributed by atoms with E-state index in [1.165, 1.54) is 0 Å². The third kappa shape index (κ3) is 1.93. The molecule has 0 aromatic carbocycles. The van der Waals surface area contributed by atoms with Gasteiger partial charge in [-0.25, -0.2) is 0 Å². The summed E-state index contributed by atoms with van der Waals surface area (Å²) in [6.07, 6.45) is 4.53. The number of nitrogens with one attached hydrogen (secondary N) is 1. The van der Waals surface area contributed by atoms with E-state index in [4.69, 9.17) is 4.74 Å². The van der Waals surface area contributed by atoms with Gasteiger partial charge >= 0.3 is 0 Å². The first kappa shape index (κ1) is 11.4. The molecule has 2 aliphatic carbocycles. The van der Waals surface area contributed by atoms with Gasteiger partial charge in [-0.3, -0.25) is 0 Å². The Morgan fingerprint density at radius 3 is 2.53 bits per heavy atom. The first-order chi connectivity index (χ1) is 7.05. The first-order valence-electron chi connectivity index (χ1n) is 6.02. The normalized spacial score (nSPS) is 44.0. The van der Waals surface area contributed by atoms with E-state index in [0.29, 0.717) is 18.2 Å². The highest BCUT2D eigenvalue weighted by Gasteiger charge is 2.49. The zero-order chi connectivity index (χ0) is 11.1. The molecule has 0 bridgehead atoms. The van der Waals surface area contributed by atoms with Gasteiger partial charge in [0.15, 0.2) is 0 Å². The van der Waals surface area contributed by atoms with Crippen LogP contribution in [-0.2, 0) is 4.74 Å². The molecule has 2 aliphatic rings. The van der Waals surface area contributed by atoms with E-state index in [-0.39, 0.29) is 11.5 Å². The molecule has 0 aromatic heterocycles. The van der Waals surface area contributed by atoms with Crippen LogP contribution in [0.3, 0.4) is 0 Å². The van der Waals surface area contributed by atoms with E-state index >= 15 is 0 Å². The first-order valence-corrected chi connectivity index (χ1v) is 6.02. The predicted molar refractivity (Wildman–Crippen MR) is 59.8 cm³/mol. The summed E-state index contributed by atoms with van der Waals surface area (Å²) in [5.41, 5.74) is 0.205. The second-order valence-electron chi connectivity index (χ2n) is 5.61. The zero-order valence-electron chi connectivity index (χ0n) is 9.99. The molecule has 0 spiro atoms. The van der Waals surface area contributed by atoms with Gasteiger partial charge in [0, 0.05) is 24.6 Å². The van der Waals surface area contributed by atoms with E-state index in [2.05, 4.69) is 19.2 Å². The SMILES string of the molecule is COC1CC(N[C@@H]2CCC[C@H]2O)C1(C)C. The van der Waals surface area contributed by atoms with E-state index in [0.717, 1.165) is 25.7 Å². The number of ether oxygens (including phenoxy) is 1. The lowest BCUT2D eigenvalue weighted by Crippen LogP contribution is -2.63. The van der Waals surface area contributed by atoms with Gasteiger partial charge in [0.1, 0.15) is 0 Å². The summed E-state index contributed by atoms with van der Waals surface area (Å²) in [5.74, 6) is 0. The molecule has 3 nitrogen and oxygen atoms in total. The maximum absolute atomic E-state index is 9.76. The number of methoxy groups -OCH3 is 1. The molecule has 3 heteroatoms. The molecule has 0 saturated heterocycles.